The third-order valence-electron chi connectivity index (χ3n) is 4.52. The summed E-state index contributed by atoms with van der Waals surface area (Å²) >= 11 is 0. The predicted octanol–water partition coefficient (Wildman–Crippen LogP) is 4.60. The molecule has 0 spiro atoms. The molecule has 0 N–H and O–H groups in total. The lowest BCUT2D eigenvalue weighted by molar-refractivity contribution is -0.840. The van der Waals surface area contributed by atoms with Gasteiger partial charge in [0.25, 0.3) is 0 Å². The maximum Gasteiger partial charge on any atom is 0.109 e. The minimum Gasteiger partial charge on any atom is -0.633 e. The molecular weight excluding hydrogens is 298 g/mol. The van der Waals surface area contributed by atoms with Crippen LogP contribution in [0.15, 0.2) is 36.4 Å². The van der Waals surface area contributed by atoms with Crippen molar-refractivity contribution in [3.8, 4) is 0 Å². The Bertz CT molecular complexity index is 609. The number of hydrogen-bond donors (Lipinski definition) is 0. The second-order valence-corrected chi connectivity index (χ2v) is 7.16. The second-order valence-electron chi connectivity index (χ2n) is 7.16. The van der Waals surface area contributed by atoms with Crippen LogP contribution in [0, 0.1) is 32.9 Å². The van der Waals surface area contributed by atoms with Crippen LogP contribution in [0.2, 0.25) is 0 Å². The topological polar surface area (TPSA) is 32.3 Å². The van der Waals surface area contributed by atoms with Crippen LogP contribution in [0.1, 0.15) is 39.5 Å². The van der Waals surface area contributed by atoms with Gasteiger partial charge in [0.2, 0.25) is 0 Å². The minimum atomic E-state index is -0.341. The summed E-state index contributed by atoms with van der Waals surface area (Å²) in [5.41, 5.74) is 7.31. The Morgan fingerprint density at radius 3 is 1.54 bits per heavy atom. The van der Waals surface area contributed by atoms with Crippen molar-refractivity contribution >= 4 is 0 Å². The normalized spacial score (nSPS) is 12.0. The molecule has 0 aliphatic carbocycles. The summed E-state index contributed by atoms with van der Waals surface area (Å²) in [6.45, 7) is 9.37. The first kappa shape index (κ1) is 18.7. The molecule has 0 aliphatic rings. The standard InChI is InChI=1S/C21H29NO2/c1-15-9-7-10-16(2)19(15)21(24-14-13-22(5,6)23)20-17(3)11-8-12-18(20)4/h7-12,21H,13-14H2,1-6H3. The minimum absolute atomic E-state index is 0.140. The monoisotopic (exact) mass is 327 g/mol. The molecule has 24 heavy (non-hydrogen) atoms. The fourth-order valence-electron chi connectivity index (χ4n) is 3.18. The molecular formula is C21H29NO2. The lowest BCUT2D eigenvalue weighted by Gasteiger charge is -2.34. The Kier molecular flexibility index (Phi) is 5.81. The molecule has 0 saturated carbocycles. The maximum atomic E-state index is 11.9. The number of nitrogens with zero attached hydrogens (tertiary/aromatic N) is 1. The van der Waals surface area contributed by atoms with E-state index in [-0.39, 0.29) is 10.8 Å². The van der Waals surface area contributed by atoms with Crippen molar-refractivity contribution in [1.82, 2.24) is 0 Å². The zero-order valence-electron chi connectivity index (χ0n) is 15.7. The van der Waals surface area contributed by atoms with Gasteiger partial charge in [-0.25, -0.2) is 0 Å². The van der Waals surface area contributed by atoms with Crippen LogP contribution in [0.25, 0.3) is 0 Å². The van der Waals surface area contributed by atoms with E-state index in [2.05, 4.69) is 64.1 Å². The van der Waals surface area contributed by atoms with Gasteiger partial charge < -0.3 is 14.6 Å². The van der Waals surface area contributed by atoms with Gasteiger partial charge in [-0.15, -0.1) is 0 Å². The van der Waals surface area contributed by atoms with Gasteiger partial charge in [0.05, 0.1) is 20.7 Å². The quantitative estimate of drug-likeness (QED) is 0.574. The summed E-state index contributed by atoms with van der Waals surface area (Å²) in [6.07, 6.45) is -0.140. The lowest BCUT2D eigenvalue weighted by atomic mass is 9.89. The molecule has 0 radical (unpaired) electrons. The van der Waals surface area contributed by atoms with Gasteiger partial charge in [0.1, 0.15) is 12.6 Å². The lowest BCUT2D eigenvalue weighted by Crippen LogP contribution is -2.36. The molecule has 3 nitrogen and oxygen atoms in total. The first-order chi connectivity index (χ1) is 11.2. The third kappa shape index (κ3) is 4.44. The zero-order valence-corrected chi connectivity index (χ0v) is 15.7. The maximum absolute atomic E-state index is 11.9. The van der Waals surface area contributed by atoms with E-state index in [4.69, 9.17) is 4.74 Å². The second kappa shape index (κ2) is 7.47. The number of aryl methyl sites for hydroxylation is 4. The summed E-state index contributed by atoms with van der Waals surface area (Å²) in [6, 6.07) is 12.7. The van der Waals surface area contributed by atoms with Gasteiger partial charge in [0, 0.05) is 0 Å². The highest BCUT2D eigenvalue weighted by atomic mass is 16.5. The fourth-order valence-corrected chi connectivity index (χ4v) is 3.18. The number of hydroxylamine groups is 3. The van der Waals surface area contributed by atoms with Gasteiger partial charge >= 0.3 is 0 Å². The Balaban J connectivity index is 2.46. The molecule has 0 aromatic heterocycles. The van der Waals surface area contributed by atoms with E-state index in [0.717, 1.165) is 0 Å². The first-order valence-electron chi connectivity index (χ1n) is 8.48. The van der Waals surface area contributed by atoms with E-state index in [1.54, 1.807) is 14.1 Å². The highest BCUT2D eigenvalue weighted by Crippen LogP contribution is 2.34. The molecule has 0 heterocycles. The molecule has 0 aliphatic heterocycles. The molecule has 0 amide bonds. The van der Waals surface area contributed by atoms with Crippen molar-refractivity contribution in [2.24, 2.45) is 0 Å². The van der Waals surface area contributed by atoms with Crippen LogP contribution in [0.5, 0.6) is 0 Å². The van der Waals surface area contributed by atoms with E-state index in [9.17, 15) is 5.21 Å². The SMILES string of the molecule is Cc1cccc(C)c1C(OCC[N+](C)(C)[O-])c1c(C)cccc1C. The Labute approximate surface area is 146 Å². The van der Waals surface area contributed by atoms with Crippen molar-refractivity contribution in [2.75, 3.05) is 27.2 Å². The van der Waals surface area contributed by atoms with Crippen molar-refractivity contribution < 1.29 is 9.38 Å². The van der Waals surface area contributed by atoms with Crippen molar-refractivity contribution in [2.45, 2.75) is 33.8 Å². The van der Waals surface area contributed by atoms with Crippen LogP contribution in [0.3, 0.4) is 0 Å². The summed E-state index contributed by atoms with van der Waals surface area (Å²) in [7, 11) is 3.30. The summed E-state index contributed by atoms with van der Waals surface area (Å²) < 4.78 is 5.96. The molecule has 2 rings (SSSR count). The highest BCUT2D eigenvalue weighted by molar-refractivity contribution is 5.46. The molecule has 2 aromatic rings. The van der Waals surface area contributed by atoms with Crippen LogP contribution < -0.4 is 0 Å². The number of likely N-dealkylation sites (N-methyl/N-ethyl adjacent to an activating group) is 1. The Morgan fingerprint density at radius 2 is 1.21 bits per heavy atom. The van der Waals surface area contributed by atoms with Crippen molar-refractivity contribution in [1.29, 1.82) is 0 Å². The molecule has 0 unspecified atom stereocenters. The van der Waals surface area contributed by atoms with E-state index in [1.165, 1.54) is 33.4 Å². The first-order valence-corrected chi connectivity index (χ1v) is 8.48. The summed E-state index contributed by atoms with van der Waals surface area (Å²) in [5.74, 6) is 0. The van der Waals surface area contributed by atoms with E-state index >= 15 is 0 Å². The zero-order chi connectivity index (χ0) is 17.9. The molecule has 2 aromatic carbocycles. The number of hydrogen-bond acceptors (Lipinski definition) is 2. The van der Waals surface area contributed by atoms with E-state index in [0.29, 0.717) is 13.2 Å². The van der Waals surface area contributed by atoms with Crippen LogP contribution in [-0.4, -0.2) is 31.9 Å². The number of benzene rings is 2. The van der Waals surface area contributed by atoms with Crippen molar-refractivity contribution in [3.05, 3.63) is 75.0 Å². The Hall–Kier alpha value is -1.68. The molecule has 0 saturated heterocycles. The Morgan fingerprint density at radius 1 is 0.833 bits per heavy atom. The highest BCUT2D eigenvalue weighted by Gasteiger charge is 2.23. The smallest absolute Gasteiger partial charge is 0.109 e. The number of ether oxygens (including phenoxy) is 1. The van der Waals surface area contributed by atoms with Crippen LogP contribution in [0.4, 0.5) is 0 Å². The number of quaternary nitrogens is 1. The van der Waals surface area contributed by atoms with Gasteiger partial charge in [-0.1, -0.05) is 36.4 Å². The summed E-state index contributed by atoms with van der Waals surface area (Å²) in [5, 5.41) is 11.9. The molecule has 130 valence electrons. The van der Waals surface area contributed by atoms with Crippen molar-refractivity contribution in [3.63, 3.8) is 0 Å². The predicted molar refractivity (Wildman–Crippen MR) is 100.0 cm³/mol. The molecule has 3 heteroatoms. The van der Waals surface area contributed by atoms with Crippen LogP contribution in [-0.2, 0) is 4.74 Å². The summed E-state index contributed by atoms with van der Waals surface area (Å²) in [4.78, 5) is 0. The third-order valence-corrected chi connectivity index (χ3v) is 4.52. The van der Waals surface area contributed by atoms with E-state index in [1.807, 2.05) is 0 Å². The van der Waals surface area contributed by atoms with Gasteiger partial charge in [0.15, 0.2) is 0 Å². The largest absolute Gasteiger partial charge is 0.633 e. The fraction of sp³-hybridized carbons (Fsp3) is 0.429. The number of rotatable bonds is 6. The molecule has 0 atom stereocenters. The van der Waals surface area contributed by atoms with Gasteiger partial charge in [-0.05, 0) is 61.1 Å². The van der Waals surface area contributed by atoms with Gasteiger partial charge in [-0.2, -0.15) is 0 Å². The average molecular weight is 327 g/mol. The average Bonchev–Trinajstić information content (AvgIpc) is 2.45. The molecule has 0 fully saturated rings. The molecule has 0 bridgehead atoms. The van der Waals surface area contributed by atoms with E-state index < -0.39 is 0 Å². The van der Waals surface area contributed by atoms with Gasteiger partial charge in [-0.3, -0.25) is 0 Å². The van der Waals surface area contributed by atoms with Crippen LogP contribution >= 0.6 is 0 Å².